The zero-order valence-electron chi connectivity index (χ0n) is 17.9. The number of nitrogens with zero attached hydrogens (tertiary/aromatic N) is 3. The fraction of sp³-hybridized carbons (Fsp3) is 0.455. The molecule has 9 heteroatoms. The number of nitrogens with two attached hydrogens (primary N) is 1. The zero-order chi connectivity index (χ0) is 22.5. The maximum atomic E-state index is 11.9. The Kier molecular flexibility index (Phi) is 10.1. The molecule has 1 aromatic heterocycles. The van der Waals surface area contributed by atoms with Crippen molar-refractivity contribution >= 4 is 29.1 Å². The molecule has 0 aliphatic heterocycles. The lowest BCUT2D eigenvalue weighted by molar-refractivity contribution is 0.159. The van der Waals surface area contributed by atoms with Crippen molar-refractivity contribution in [1.29, 1.82) is 0 Å². The number of aromatic hydroxyl groups is 2. The number of azo groups is 1. The van der Waals surface area contributed by atoms with E-state index in [1.54, 1.807) is 18.2 Å². The first-order chi connectivity index (χ1) is 15.0. The summed E-state index contributed by atoms with van der Waals surface area (Å²) in [5.74, 6) is -0.542. The Morgan fingerprint density at radius 2 is 1.65 bits per heavy atom. The number of phenols is 1. The van der Waals surface area contributed by atoms with E-state index in [0.29, 0.717) is 6.61 Å². The number of aromatic nitrogens is 1. The number of para-hydroxylation sites is 1. The van der Waals surface area contributed by atoms with Crippen molar-refractivity contribution in [2.45, 2.75) is 58.3 Å². The molecule has 9 nitrogen and oxygen atoms in total. The van der Waals surface area contributed by atoms with Crippen molar-refractivity contribution in [3.05, 3.63) is 30.3 Å². The average molecular weight is 430 g/mol. The summed E-state index contributed by atoms with van der Waals surface area (Å²) in [6, 6.07) is 7.62. The Labute approximate surface area is 182 Å². The largest absolute Gasteiger partial charge is 0.506 e. The number of anilines is 2. The number of nitrogen functional groups attached to an aromatic ring is 1. The van der Waals surface area contributed by atoms with Crippen LogP contribution in [0.5, 0.6) is 11.5 Å². The Hall–Kier alpha value is -3.36. The van der Waals surface area contributed by atoms with E-state index in [4.69, 9.17) is 10.5 Å². The summed E-state index contributed by atoms with van der Waals surface area (Å²) in [4.78, 5) is 15.9. The number of ether oxygens (including phenoxy) is 1. The van der Waals surface area contributed by atoms with E-state index in [0.717, 1.165) is 19.3 Å². The van der Waals surface area contributed by atoms with Crippen LogP contribution in [0.1, 0.15) is 58.3 Å². The van der Waals surface area contributed by atoms with E-state index in [2.05, 4.69) is 27.5 Å². The van der Waals surface area contributed by atoms with Gasteiger partial charge in [0.25, 0.3) is 0 Å². The predicted molar refractivity (Wildman–Crippen MR) is 120 cm³/mol. The number of pyridine rings is 1. The van der Waals surface area contributed by atoms with E-state index >= 15 is 0 Å². The highest BCUT2D eigenvalue weighted by Crippen LogP contribution is 2.33. The first-order valence-electron chi connectivity index (χ1n) is 10.6. The van der Waals surface area contributed by atoms with Crippen molar-refractivity contribution in [2.75, 3.05) is 17.7 Å². The first-order valence-corrected chi connectivity index (χ1v) is 10.6. The minimum Gasteiger partial charge on any atom is -0.506 e. The fourth-order valence-corrected chi connectivity index (χ4v) is 2.87. The molecule has 0 atom stereocenters. The van der Waals surface area contributed by atoms with Crippen LogP contribution in [0.3, 0.4) is 0 Å². The summed E-state index contributed by atoms with van der Waals surface area (Å²) in [5, 5.41) is 30.0. The highest BCUT2D eigenvalue weighted by atomic mass is 16.5. The molecule has 0 fully saturated rings. The Balaban J connectivity index is 1.78. The summed E-state index contributed by atoms with van der Waals surface area (Å²) >= 11 is 0. The molecule has 1 aromatic carbocycles. The van der Waals surface area contributed by atoms with Crippen molar-refractivity contribution < 1.29 is 19.7 Å². The lowest BCUT2D eigenvalue weighted by Gasteiger charge is -2.09. The molecule has 5 N–H and O–H groups in total. The van der Waals surface area contributed by atoms with Crippen LogP contribution in [0.2, 0.25) is 0 Å². The van der Waals surface area contributed by atoms with Gasteiger partial charge in [0.2, 0.25) is 0 Å². The number of hydrogen-bond donors (Lipinski definition) is 4. The molecule has 1 heterocycles. The Morgan fingerprint density at radius 1 is 1.00 bits per heavy atom. The van der Waals surface area contributed by atoms with Gasteiger partial charge < -0.3 is 20.7 Å². The van der Waals surface area contributed by atoms with Crippen LogP contribution in [-0.2, 0) is 4.74 Å². The van der Waals surface area contributed by atoms with Crippen LogP contribution in [-0.4, -0.2) is 27.9 Å². The third-order valence-corrected chi connectivity index (χ3v) is 4.61. The number of rotatable bonds is 12. The number of unbranched alkanes of at least 4 members (excludes halogenated alkanes) is 7. The van der Waals surface area contributed by atoms with Gasteiger partial charge in [-0.3, -0.25) is 5.32 Å². The second kappa shape index (κ2) is 13.0. The van der Waals surface area contributed by atoms with Crippen LogP contribution in [0.15, 0.2) is 40.6 Å². The molecule has 0 radical (unpaired) electrons. The van der Waals surface area contributed by atoms with E-state index < -0.39 is 6.09 Å². The molecule has 0 spiro atoms. The maximum Gasteiger partial charge on any atom is 0.412 e. The Bertz CT molecular complexity index is 873. The highest BCUT2D eigenvalue weighted by Gasteiger charge is 2.13. The minimum atomic E-state index is -0.714. The standard InChI is InChI=1S/C22H31N5O4/c1-2-3-4-5-6-7-8-11-14-31-22(30)25-21-19(29)15-17(20(23)24-21)27-26-16-12-9-10-13-18(16)28/h9-10,12-13,15,28-29H,2-8,11,14H2,1H3,(H3,23,24,25,30). The van der Waals surface area contributed by atoms with E-state index in [9.17, 15) is 15.0 Å². The van der Waals surface area contributed by atoms with Gasteiger partial charge in [0.05, 0.1) is 6.61 Å². The maximum absolute atomic E-state index is 11.9. The van der Waals surface area contributed by atoms with Crippen molar-refractivity contribution in [3.63, 3.8) is 0 Å². The van der Waals surface area contributed by atoms with Crippen LogP contribution in [0, 0.1) is 0 Å². The molecule has 31 heavy (non-hydrogen) atoms. The number of carbonyl (C=O) groups excluding carboxylic acids is 1. The molecule has 1 amide bonds. The third kappa shape index (κ3) is 8.49. The van der Waals surface area contributed by atoms with E-state index in [1.165, 1.54) is 44.2 Å². The summed E-state index contributed by atoms with van der Waals surface area (Å²) < 4.78 is 5.12. The molecule has 0 saturated heterocycles. The minimum absolute atomic E-state index is 0.0421. The Morgan fingerprint density at radius 3 is 2.35 bits per heavy atom. The molecule has 0 unspecified atom stereocenters. The van der Waals surface area contributed by atoms with Gasteiger partial charge in [0, 0.05) is 6.07 Å². The summed E-state index contributed by atoms with van der Waals surface area (Å²) in [6.07, 6.45) is 8.48. The van der Waals surface area contributed by atoms with Gasteiger partial charge in [-0.15, -0.1) is 10.2 Å². The van der Waals surface area contributed by atoms with Crippen LogP contribution in [0.25, 0.3) is 0 Å². The molecule has 0 saturated carbocycles. The lowest BCUT2D eigenvalue weighted by Crippen LogP contribution is -2.15. The van der Waals surface area contributed by atoms with Gasteiger partial charge in [0.1, 0.15) is 17.1 Å². The van der Waals surface area contributed by atoms with Gasteiger partial charge in [-0.05, 0) is 18.6 Å². The first kappa shape index (κ1) is 23.9. The van der Waals surface area contributed by atoms with E-state index in [-0.39, 0.29) is 34.5 Å². The number of hydrogen-bond acceptors (Lipinski definition) is 8. The van der Waals surface area contributed by atoms with Crippen molar-refractivity contribution in [2.24, 2.45) is 10.2 Å². The van der Waals surface area contributed by atoms with E-state index in [1.807, 2.05) is 0 Å². The molecular formula is C22H31N5O4. The third-order valence-electron chi connectivity index (χ3n) is 4.61. The van der Waals surface area contributed by atoms with Crippen molar-refractivity contribution in [1.82, 2.24) is 4.98 Å². The van der Waals surface area contributed by atoms with Crippen LogP contribution >= 0.6 is 0 Å². The van der Waals surface area contributed by atoms with Crippen LogP contribution in [0.4, 0.5) is 27.8 Å². The number of nitrogens with one attached hydrogen (secondary N) is 1. The summed E-state index contributed by atoms with van der Waals surface area (Å²) in [5.41, 5.74) is 6.18. The number of benzene rings is 1. The normalized spacial score (nSPS) is 11.0. The second-order valence-corrected chi connectivity index (χ2v) is 7.18. The molecule has 0 aliphatic carbocycles. The SMILES string of the molecule is CCCCCCCCCCOC(=O)Nc1nc(N)c(N=Nc2ccccc2O)cc1O. The van der Waals surface area contributed by atoms with Gasteiger partial charge in [0.15, 0.2) is 17.4 Å². The number of carbonyl (C=O) groups is 1. The smallest absolute Gasteiger partial charge is 0.412 e. The fourth-order valence-electron chi connectivity index (χ4n) is 2.87. The van der Waals surface area contributed by atoms with Gasteiger partial charge >= 0.3 is 6.09 Å². The molecule has 0 aliphatic rings. The summed E-state index contributed by atoms with van der Waals surface area (Å²) in [7, 11) is 0. The number of amides is 1. The predicted octanol–water partition coefficient (Wildman–Crippen LogP) is 6.18. The van der Waals surface area contributed by atoms with Gasteiger partial charge in [-0.1, -0.05) is 64.0 Å². The van der Waals surface area contributed by atoms with Crippen LogP contribution < -0.4 is 11.1 Å². The molecule has 0 bridgehead atoms. The molecule has 2 rings (SSSR count). The molecule has 168 valence electrons. The quantitative estimate of drug-likeness (QED) is 0.234. The monoisotopic (exact) mass is 429 g/mol. The zero-order valence-corrected chi connectivity index (χ0v) is 17.9. The average Bonchev–Trinajstić information content (AvgIpc) is 2.75. The summed E-state index contributed by atoms with van der Waals surface area (Å²) in [6.45, 7) is 2.49. The molecular weight excluding hydrogens is 398 g/mol. The second-order valence-electron chi connectivity index (χ2n) is 7.18. The lowest BCUT2D eigenvalue weighted by atomic mass is 10.1. The topological polar surface area (TPSA) is 142 Å². The molecule has 2 aromatic rings. The van der Waals surface area contributed by atoms with Crippen molar-refractivity contribution in [3.8, 4) is 11.5 Å². The highest BCUT2D eigenvalue weighted by molar-refractivity contribution is 5.86. The van der Waals surface area contributed by atoms with Gasteiger partial charge in [-0.2, -0.15) is 0 Å². The van der Waals surface area contributed by atoms with Gasteiger partial charge in [-0.25, -0.2) is 9.78 Å². The number of phenolic OH excluding ortho intramolecular Hbond substituents is 1.